The lowest BCUT2D eigenvalue weighted by Gasteiger charge is -2.19. The van der Waals surface area contributed by atoms with Gasteiger partial charge in [0, 0.05) is 11.3 Å². The van der Waals surface area contributed by atoms with Crippen molar-refractivity contribution < 1.29 is 19.1 Å². The van der Waals surface area contributed by atoms with Crippen molar-refractivity contribution in [1.29, 1.82) is 0 Å². The molecule has 0 saturated heterocycles. The molecule has 1 atom stereocenters. The van der Waals surface area contributed by atoms with Crippen molar-refractivity contribution in [3.63, 3.8) is 0 Å². The number of hydrogen-bond acceptors (Lipinski definition) is 4. The first-order chi connectivity index (χ1) is 15.3. The maximum absolute atomic E-state index is 13.0. The van der Waals surface area contributed by atoms with Gasteiger partial charge in [0.25, 0.3) is 11.8 Å². The van der Waals surface area contributed by atoms with Crippen LogP contribution in [0.2, 0.25) is 5.02 Å². The molecule has 6 nitrogen and oxygen atoms in total. The van der Waals surface area contributed by atoms with E-state index in [1.807, 2.05) is 32.0 Å². The Morgan fingerprint density at radius 2 is 1.62 bits per heavy atom. The summed E-state index contributed by atoms with van der Waals surface area (Å²) in [6, 6.07) is 20.9. The molecule has 0 fully saturated rings. The van der Waals surface area contributed by atoms with Gasteiger partial charge in [0.05, 0.1) is 10.6 Å². The van der Waals surface area contributed by atoms with Crippen LogP contribution in [0.3, 0.4) is 0 Å². The average Bonchev–Trinajstić information content (AvgIpc) is 2.79. The summed E-state index contributed by atoms with van der Waals surface area (Å²) in [5.74, 6) is -1.75. The highest BCUT2D eigenvalue weighted by atomic mass is 35.5. The van der Waals surface area contributed by atoms with Crippen molar-refractivity contribution in [2.45, 2.75) is 20.0 Å². The number of ether oxygens (including phenoxy) is 1. The fourth-order valence-electron chi connectivity index (χ4n) is 3.04. The SMILES string of the molecule is Cc1ccc(C)c(NC(=O)[C@@H](OC(=O)CNC(=O)c2ccccc2Cl)c2ccccc2)c1. The van der Waals surface area contributed by atoms with Crippen molar-refractivity contribution in [3.05, 3.63) is 100 Å². The minimum atomic E-state index is -1.18. The van der Waals surface area contributed by atoms with E-state index in [9.17, 15) is 14.4 Å². The van der Waals surface area contributed by atoms with Crippen molar-refractivity contribution in [2.24, 2.45) is 0 Å². The predicted molar refractivity (Wildman–Crippen MR) is 124 cm³/mol. The highest BCUT2D eigenvalue weighted by Crippen LogP contribution is 2.23. The zero-order valence-corrected chi connectivity index (χ0v) is 18.5. The van der Waals surface area contributed by atoms with E-state index in [0.717, 1.165) is 11.1 Å². The molecule has 32 heavy (non-hydrogen) atoms. The van der Waals surface area contributed by atoms with Crippen LogP contribution in [-0.2, 0) is 14.3 Å². The molecule has 0 aliphatic rings. The summed E-state index contributed by atoms with van der Waals surface area (Å²) in [6.45, 7) is 3.39. The van der Waals surface area contributed by atoms with Gasteiger partial charge in [-0.1, -0.05) is 66.2 Å². The van der Waals surface area contributed by atoms with Gasteiger partial charge >= 0.3 is 5.97 Å². The van der Waals surface area contributed by atoms with Crippen LogP contribution in [0.25, 0.3) is 0 Å². The number of amides is 2. The summed E-state index contributed by atoms with van der Waals surface area (Å²) < 4.78 is 5.46. The van der Waals surface area contributed by atoms with Gasteiger partial charge in [-0.05, 0) is 43.2 Å². The van der Waals surface area contributed by atoms with E-state index in [4.69, 9.17) is 16.3 Å². The molecule has 0 radical (unpaired) electrons. The first-order valence-electron chi connectivity index (χ1n) is 10.0. The Labute approximate surface area is 191 Å². The number of carbonyl (C=O) groups is 3. The Morgan fingerprint density at radius 3 is 2.34 bits per heavy atom. The predicted octanol–water partition coefficient (Wildman–Crippen LogP) is 4.61. The summed E-state index contributed by atoms with van der Waals surface area (Å²) in [6.07, 6.45) is -1.18. The molecule has 0 unspecified atom stereocenters. The second-order valence-electron chi connectivity index (χ2n) is 7.25. The molecule has 0 aliphatic heterocycles. The summed E-state index contributed by atoms with van der Waals surface area (Å²) in [7, 11) is 0. The Balaban J connectivity index is 1.71. The van der Waals surface area contributed by atoms with Crippen LogP contribution >= 0.6 is 11.6 Å². The number of rotatable bonds is 7. The molecule has 3 aromatic rings. The van der Waals surface area contributed by atoms with Gasteiger partial charge in [-0.25, -0.2) is 0 Å². The molecule has 0 aromatic heterocycles. The van der Waals surface area contributed by atoms with E-state index in [2.05, 4.69) is 10.6 Å². The van der Waals surface area contributed by atoms with E-state index in [-0.39, 0.29) is 10.6 Å². The lowest BCUT2D eigenvalue weighted by atomic mass is 10.1. The summed E-state index contributed by atoms with van der Waals surface area (Å²) >= 11 is 6.01. The number of nitrogens with one attached hydrogen (secondary N) is 2. The molecule has 0 aliphatic carbocycles. The van der Waals surface area contributed by atoms with E-state index >= 15 is 0 Å². The van der Waals surface area contributed by atoms with Crippen LogP contribution in [0.1, 0.15) is 33.2 Å². The van der Waals surface area contributed by atoms with Crippen LogP contribution in [0.5, 0.6) is 0 Å². The molecule has 7 heteroatoms. The monoisotopic (exact) mass is 450 g/mol. The van der Waals surface area contributed by atoms with Gasteiger partial charge in [-0.2, -0.15) is 0 Å². The largest absolute Gasteiger partial charge is 0.446 e. The maximum atomic E-state index is 13.0. The normalized spacial score (nSPS) is 11.3. The minimum absolute atomic E-state index is 0.245. The lowest BCUT2D eigenvalue weighted by molar-refractivity contribution is -0.153. The van der Waals surface area contributed by atoms with Crippen LogP contribution in [0, 0.1) is 13.8 Å². The van der Waals surface area contributed by atoms with Gasteiger partial charge in [-0.15, -0.1) is 0 Å². The lowest BCUT2D eigenvalue weighted by Crippen LogP contribution is -2.33. The standard InChI is InChI=1S/C25H23ClN2O4/c1-16-12-13-17(2)21(14-16)28-25(31)23(18-8-4-3-5-9-18)32-22(29)15-27-24(30)19-10-6-7-11-20(19)26/h3-14,23H,15H2,1-2H3,(H,27,30)(H,28,31)/t23-/m0/s1. The first-order valence-corrected chi connectivity index (χ1v) is 10.4. The molecule has 0 heterocycles. The molecule has 2 N–H and O–H groups in total. The third-order valence-corrected chi connectivity index (χ3v) is 5.08. The molecule has 0 saturated carbocycles. The summed E-state index contributed by atoms with van der Waals surface area (Å²) in [4.78, 5) is 37.8. The number of halogens is 1. The quantitative estimate of drug-likeness (QED) is 0.515. The van der Waals surface area contributed by atoms with E-state index < -0.39 is 30.4 Å². The smallest absolute Gasteiger partial charge is 0.326 e. The van der Waals surface area contributed by atoms with E-state index in [0.29, 0.717) is 11.3 Å². The Kier molecular flexibility index (Phi) is 7.63. The first kappa shape index (κ1) is 23.0. The van der Waals surface area contributed by atoms with Crippen LogP contribution < -0.4 is 10.6 Å². The van der Waals surface area contributed by atoms with Gasteiger partial charge < -0.3 is 15.4 Å². The Morgan fingerprint density at radius 1 is 0.938 bits per heavy atom. The van der Waals surface area contributed by atoms with Gasteiger partial charge in [0.15, 0.2) is 0 Å². The molecule has 0 bridgehead atoms. The number of esters is 1. The van der Waals surface area contributed by atoms with E-state index in [1.54, 1.807) is 54.6 Å². The summed E-state index contributed by atoms with van der Waals surface area (Å²) in [5.41, 5.74) is 3.27. The third kappa shape index (κ3) is 5.95. The topological polar surface area (TPSA) is 84.5 Å². The van der Waals surface area contributed by atoms with Gasteiger partial charge in [-0.3, -0.25) is 14.4 Å². The van der Waals surface area contributed by atoms with Gasteiger partial charge in [0.2, 0.25) is 6.10 Å². The van der Waals surface area contributed by atoms with Crippen LogP contribution in [0.15, 0.2) is 72.8 Å². The molecule has 3 aromatic carbocycles. The number of aryl methyl sites for hydroxylation is 2. The molecular formula is C25H23ClN2O4. The highest BCUT2D eigenvalue weighted by Gasteiger charge is 2.26. The molecule has 0 spiro atoms. The second kappa shape index (κ2) is 10.6. The highest BCUT2D eigenvalue weighted by molar-refractivity contribution is 6.33. The number of hydrogen-bond donors (Lipinski definition) is 2. The number of anilines is 1. The maximum Gasteiger partial charge on any atom is 0.326 e. The fourth-order valence-corrected chi connectivity index (χ4v) is 3.26. The van der Waals surface area contributed by atoms with E-state index in [1.165, 1.54) is 0 Å². The molecule has 3 rings (SSSR count). The van der Waals surface area contributed by atoms with Crippen molar-refractivity contribution in [1.82, 2.24) is 5.32 Å². The average molecular weight is 451 g/mol. The third-order valence-electron chi connectivity index (χ3n) is 4.75. The van der Waals surface area contributed by atoms with Crippen molar-refractivity contribution >= 4 is 35.1 Å². The zero-order chi connectivity index (χ0) is 23.1. The Bertz CT molecular complexity index is 1130. The van der Waals surface area contributed by atoms with Crippen LogP contribution in [0.4, 0.5) is 5.69 Å². The molecular weight excluding hydrogens is 428 g/mol. The number of benzene rings is 3. The summed E-state index contributed by atoms with van der Waals surface area (Å²) in [5, 5.41) is 5.58. The molecule has 164 valence electrons. The Hall–Kier alpha value is -3.64. The second-order valence-corrected chi connectivity index (χ2v) is 7.66. The van der Waals surface area contributed by atoms with Gasteiger partial charge in [0.1, 0.15) is 6.54 Å². The molecule has 2 amide bonds. The zero-order valence-electron chi connectivity index (χ0n) is 17.7. The van der Waals surface area contributed by atoms with Crippen LogP contribution in [-0.4, -0.2) is 24.3 Å². The van der Waals surface area contributed by atoms with Crippen molar-refractivity contribution in [2.75, 3.05) is 11.9 Å². The fraction of sp³-hybridized carbons (Fsp3) is 0.160. The van der Waals surface area contributed by atoms with Crippen molar-refractivity contribution in [3.8, 4) is 0 Å². The number of carbonyl (C=O) groups excluding carboxylic acids is 3. The minimum Gasteiger partial charge on any atom is -0.446 e.